The lowest BCUT2D eigenvalue weighted by Crippen LogP contribution is -2.36. The molecule has 8 nitrogen and oxygen atoms in total. The van der Waals surface area contributed by atoms with Gasteiger partial charge >= 0.3 is 0 Å². The zero-order valence-electron chi connectivity index (χ0n) is 19.0. The molecule has 0 amide bonds. The molecule has 4 rings (SSSR count). The summed E-state index contributed by atoms with van der Waals surface area (Å²) in [5, 5.41) is 11.0. The topological polar surface area (TPSA) is 85.6 Å². The number of ether oxygens (including phenoxy) is 2. The molecule has 1 fully saturated rings. The highest BCUT2D eigenvalue weighted by Crippen LogP contribution is 2.34. The Balaban J connectivity index is 0.00000306. The zero-order chi connectivity index (χ0) is 22.2. The lowest BCUT2D eigenvalue weighted by Gasteiger charge is -2.20. The minimum absolute atomic E-state index is 0. The van der Waals surface area contributed by atoms with Crippen LogP contribution in [0.5, 0.6) is 11.5 Å². The molecule has 0 saturated heterocycles. The van der Waals surface area contributed by atoms with Gasteiger partial charge < -0.3 is 20.1 Å². The van der Waals surface area contributed by atoms with E-state index in [1.807, 2.05) is 36.5 Å². The van der Waals surface area contributed by atoms with E-state index in [9.17, 15) is 0 Å². The Morgan fingerprint density at radius 1 is 1.12 bits per heavy atom. The molecule has 1 aromatic carbocycles. The fraction of sp³-hybridized carbons (Fsp3) is 0.375. The summed E-state index contributed by atoms with van der Waals surface area (Å²) in [6, 6.07) is 11.8. The van der Waals surface area contributed by atoms with E-state index in [2.05, 4.69) is 31.8 Å². The minimum Gasteiger partial charge on any atom is -0.493 e. The molecule has 0 radical (unpaired) electrons. The van der Waals surface area contributed by atoms with Crippen LogP contribution in [0.1, 0.15) is 36.8 Å². The molecule has 1 aliphatic carbocycles. The number of pyridine rings is 1. The van der Waals surface area contributed by atoms with E-state index in [1.54, 1.807) is 31.2 Å². The SMILES string of the molecule is CN=C(NCc1ccnc(-n2cccn2)c1)NCc1cccc(OC)c1OC1CCCC1.I. The molecule has 2 aromatic heterocycles. The molecular formula is C24H31IN6O2. The Kier molecular flexibility index (Phi) is 9.35. The third kappa shape index (κ3) is 6.59. The van der Waals surface area contributed by atoms with Crippen LogP contribution >= 0.6 is 24.0 Å². The van der Waals surface area contributed by atoms with E-state index in [0.29, 0.717) is 19.0 Å². The summed E-state index contributed by atoms with van der Waals surface area (Å²) < 4.78 is 13.6. The number of benzene rings is 1. The van der Waals surface area contributed by atoms with Gasteiger partial charge in [0.05, 0.1) is 13.2 Å². The van der Waals surface area contributed by atoms with Crippen molar-refractivity contribution in [3.8, 4) is 17.3 Å². The van der Waals surface area contributed by atoms with Crippen LogP contribution < -0.4 is 20.1 Å². The maximum atomic E-state index is 6.33. The Morgan fingerprint density at radius 3 is 2.67 bits per heavy atom. The predicted molar refractivity (Wildman–Crippen MR) is 140 cm³/mol. The summed E-state index contributed by atoms with van der Waals surface area (Å²) in [4.78, 5) is 8.73. The van der Waals surface area contributed by atoms with Crippen LogP contribution in [0.2, 0.25) is 0 Å². The fourth-order valence-electron chi connectivity index (χ4n) is 3.85. The Hall–Kier alpha value is -2.82. The van der Waals surface area contributed by atoms with Gasteiger partial charge in [-0.1, -0.05) is 12.1 Å². The summed E-state index contributed by atoms with van der Waals surface area (Å²) in [6.45, 7) is 1.19. The normalized spacial score (nSPS) is 13.9. The quantitative estimate of drug-likeness (QED) is 0.245. The third-order valence-corrected chi connectivity index (χ3v) is 5.55. The average Bonchev–Trinajstić information content (AvgIpc) is 3.55. The number of rotatable bonds is 8. The van der Waals surface area contributed by atoms with Gasteiger partial charge in [0.2, 0.25) is 0 Å². The Bertz CT molecular complexity index is 1040. The summed E-state index contributed by atoms with van der Waals surface area (Å²) >= 11 is 0. The highest BCUT2D eigenvalue weighted by molar-refractivity contribution is 14.0. The molecule has 33 heavy (non-hydrogen) atoms. The molecule has 1 aliphatic rings. The van der Waals surface area contributed by atoms with Gasteiger partial charge in [-0.05, 0) is 55.5 Å². The second-order valence-electron chi connectivity index (χ2n) is 7.73. The second kappa shape index (κ2) is 12.4. The second-order valence-corrected chi connectivity index (χ2v) is 7.73. The predicted octanol–water partition coefficient (Wildman–Crippen LogP) is 4.08. The molecule has 0 spiro atoms. The summed E-state index contributed by atoms with van der Waals surface area (Å²) in [5.41, 5.74) is 2.13. The molecule has 0 bridgehead atoms. The van der Waals surface area contributed by atoms with Gasteiger partial charge in [-0.3, -0.25) is 4.99 Å². The molecule has 2 heterocycles. The zero-order valence-corrected chi connectivity index (χ0v) is 21.4. The van der Waals surface area contributed by atoms with Crippen molar-refractivity contribution in [1.29, 1.82) is 0 Å². The van der Waals surface area contributed by atoms with Crippen molar-refractivity contribution in [3.63, 3.8) is 0 Å². The third-order valence-electron chi connectivity index (χ3n) is 5.55. The van der Waals surface area contributed by atoms with Gasteiger partial charge in [-0.2, -0.15) is 5.10 Å². The number of nitrogens with one attached hydrogen (secondary N) is 2. The number of nitrogens with zero attached hydrogens (tertiary/aromatic N) is 4. The first-order valence-electron chi connectivity index (χ1n) is 11.0. The molecular weight excluding hydrogens is 531 g/mol. The molecule has 176 valence electrons. The summed E-state index contributed by atoms with van der Waals surface area (Å²) in [5.74, 6) is 3.07. The van der Waals surface area contributed by atoms with Crippen LogP contribution in [-0.2, 0) is 13.1 Å². The molecule has 0 atom stereocenters. The van der Waals surface area contributed by atoms with E-state index >= 15 is 0 Å². The molecule has 9 heteroatoms. The van der Waals surface area contributed by atoms with Crippen LogP contribution in [0.4, 0.5) is 0 Å². The van der Waals surface area contributed by atoms with Crippen molar-refractivity contribution in [2.45, 2.75) is 44.9 Å². The Labute approximate surface area is 211 Å². The van der Waals surface area contributed by atoms with Crippen molar-refractivity contribution in [1.82, 2.24) is 25.4 Å². The van der Waals surface area contributed by atoms with Crippen molar-refractivity contribution in [3.05, 3.63) is 66.1 Å². The van der Waals surface area contributed by atoms with Crippen LogP contribution in [0.15, 0.2) is 60.0 Å². The van der Waals surface area contributed by atoms with E-state index in [1.165, 1.54) is 12.8 Å². The van der Waals surface area contributed by atoms with Crippen LogP contribution in [-0.4, -0.2) is 41.0 Å². The lowest BCUT2D eigenvalue weighted by atomic mass is 10.1. The number of para-hydroxylation sites is 1. The number of aliphatic imine (C=N–C) groups is 1. The van der Waals surface area contributed by atoms with E-state index in [0.717, 1.165) is 41.3 Å². The number of hydrogen-bond donors (Lipinski definition) is 2. The molecule has 3 aromatic rings. The minimum atomic E-state index is 0. The van der Waals surface area contributed by atoms with E-state index < -0.39 is 0 Å². The number of methoxy groups -OCH3 is 1. The largest absolute Gasteiger partial charge is 0.493 e. The smallest absolute Gasteiger partial charge is 0.191 e. The van der Waals surface area contributed by atoms with Crippen LogP contribution in [0.25, 0.3) is 5.82 Å². The van der Waals surface area contributed by atoms with Crippen LogP contribution in [0, 0.1) is 0 Å². The first-order valence-corrected chi connectivity index (χ1v) is 11.0. The molecule has 1 saturated carbocycles. The summed E-state index contributed by atoms with van der Waals surface area (Å²) in [6.07, 6.45) is 10.3. The van der Waals surface area contributed by atoms with Gasteiger partial charge in [0.15, 0.2) is 23.3 Å². The van der Waals surface area contributed by atoms with Crippen molar-refractivity contribution in [2.75, 3.05) is 14.2 Å². The van der Waals surface area contributed by atoms with E-state index in [4.69, 9.17) is 9.47 Å². The number of halogens is 1. The van der Waals surface area contributed by atoms with Crippen LogP contribution in [0.3, 0.4) is 0 Å². The molecule has 0 aliphatic heterocycles. The number of aromatic nitrogens is 3. The standard InChI is InChI=1S/C24H30N6O2.HI/c1-25-24(27-16-18-11-13-26-22(15-18)30-14-6-12-29-30)28-17-19-7-5-10-21(31-2)23(19)32-20-8-3-4-9-20;/h5-7,10-15,20H,3-4,8-9,16-17H2,1-2H3,(H2,25,27,28);1H. The summed E-state index contributed by atoms with van der Waals surface area (Å²) in [7, 11) is 3.44. The lowest BCUT2D eigenvalue weighted by molar-refractivity contribution is 0.198. The maximum Gasteiger partial charge on any atom is 0.191 e. The highest BCUT2D eigenvalue weighted by Gasteiger charge is 2.20. The van der Waals surface area contributed by atoms with Crippen molar-refractivity contribution < 1.29 is 9.47 Å². The fourth-order valence-corrected chi connectivity index (χ4v) is 3.85. The van der Waals surface area contributed by atoms with Gasteiger partial charge in [0, 0.05) is 44.3 Å². The van der Waals surface area contributed by atoms with Gasteiger partial charge in [-0.25, -0.2) is 9.67 Å². The highest BCUT2D eigenvalue weighted by atomic mass is 127. The Morgan fingerprint density at radius 2 is 1.94 bits per heavy atom. The first kappa shape index (κ1) is 24.8. The average molecular weight is 562 g/mol. The molecule has 2 N–H and O–H groups in total. The van der Waals surface area contributed by atoms with Gasteiger partial charge in [-0.15, -0.1) is 24.0 Å². The maximum absolute atomic E-state index is 6.33. The van der Waals surface area contributed by atoms with Gasteiger partial charge in [0.25, 0.3) is 0 Å². The van der Waals surface area contributed by atoms with Gasteiger partial charge in [0.1, 0.15) is 0 Å². The monoisotopic (exact) mass is 562 g/mol. The molecule has 0 unspecified atom stereocenters. The number of hydrogen-bond acceptors (Lipinski definition) is 5. The van der Waals surface area contributed by atoms with E-state index in [-0.39, 0.29) is 30.1 Å². The van der Waals surface area contributed by atoms with Crippen molar-refractivity contribution in [2.24, 2.45) is 4.99 Å². The number of guanidine groups is 1. The first-order chi connectivity index (χ1) is 15.8. The van der Waals surface area contributed by atoms with Crippen molar-refractivity contribution >= 4 is 29.9 Å².